The van der Waals surface area contributed by atoms with Crippen molar-refractivity contribution in [3.63, 3.8) is 0 Å². The first-order valence-corrected chi connectivity index (χ1v) is 6.31. The van der Waals surface area contributed by atoms with Crippen LogP contribution in [0.5, 0.6) is 0 Å². The van der Waals surface area contributed by atoms with E-state index in [-0.39, 0.29) is 18.2 Å². The highest BCUT2D eigenvalue weighted by Gasteiger charge is 2.33. The minimum atomic E-state index is -0.373. The monoisotopic (exact) mass is 259 g/mol. The van der Waals surface area contributed by atoms with E-state index in [1.165, 1.54) is 7.11 Å². The molecule has 2 unspecified atom stereocenters. The van der Waals surface area contributed by atoms with Gasteiger partial charge in [-0.2, -0.15) is 5.26 Å². The van der Waals surface area contributed by atoms with E-state index in [2.05, 4.69) is 6.07 Å². The summed E-state index contributed by atoms with van der Waals surface area (Å²) in [5.41, 5.74) is 1.59. The van der Waals surface area contributed by atoms with Crippen LogP contribution in [-0.4, -0.2) is 20.0 Å². The second-order valence-electron chi connectivity index (χ2n) is 4.22. The molecule has 4 nitrogen and oxygen atoms in total. The molecule has 2 rings (SSSR count). The van der Waals surface area contributed by atoms with Gasteiger partial charge in [-0.1, -0.05) is 30.3 Å². The summed E-state index contributed by atoms with van der Waals surface area (Å²) in [6.45, 7) is 2.47. The standard InChI is InChI=1S/C15H17NO3/c1-3-18-14-9-12(11-7-5-4-6-8-11)13(10-16)15(17-2)19-14/h4-8,12,14H,3,9H2,1-2H3. The Morgan fingerprint density at radius 1 is 1.37 bits per heavy atom. The van der Waals surface area contributed by atoms with E-state index in [1.54, 1.807) is 0 Å². The molecule has 0 radical (unpaired) electrons. The van der Waals surface area contributed by atoms with Gasteiger partial charge in [0.25, 0.3) is 5.95 Å². The summed E-state index contributed by atoms with van der Waals surface area (Å²) in [7, 11) is 1.50. The molecule has 0 aliphatic carbocycles. The van der Waals surface area contributed by atoms with Crippen LogP contribution in [0.2, 0.25) is 0 Å². The predicted molar refractivity (Wildman–Crippen MR) is 69.9 cm³/mol. The Balaban J connectivity index is 2.36. The van der Waals surface area contributed by atoms with Gasteiger partial charge in [-0.05, 0) is 12.5 Å². The number of methoxy groups -OCH3 is 1. The lowest BCUT2D eigenvalue weighted by Gasteiger charge is -2.30. The maximum atomic E-state index is 9.33. The van der Waals surface area contributed by atoms with Crippen LogP contribution >= 0.6 is 0 Å². The van der Waals surface area contributed by atoms with E-state index in [0.29, 0.717) is 18.6 Å². The smallest absolute Gasteiger partial charge is 0.296 e. The molecule has 1 aromatic rings. The fraction of sp³-hybridized carbons (Fsp3) is 0.400. The molecule has 1 heterocycles. The number of allylic oxidation sites excluding steroid dienone is 1. The number of nitriles is 1. The Kier molecular flexibility index (Phi) is 4.43. The lowest BCUT2D eigenvalue weighted by Crippen LogP contribution is -2.27. The summed E-state index contributed by atoms with van der Waals surface area (Å²) >= 11 is 0. The number of hydrogen-bond donors (Lipinski definition) is 0. The van der Waals surface area contributed by atoms with Gasteiger partial charge in [0.05, 0.1) is 7.11 Å². The van der Waals surface area contributed by atoms with Gasteiger partial charge >= 0.3 is 0 Å². The summed E-state index contributed by atoms with van der Waals surface area (Å²) in [5, 5.41) is 9.33. The molecule has 0 spiro atoms. The highest BCUT2D eigenvalue weighted by atomic mass is 16.8. The van der Waals surface area contributed by atoms with Crippen molar-refractivity contribution in [2.75, 3.05) is 13.7 Å². The number of ether oxygens (including phenoxy) is 3. The van der Waals surface area contributed by atoms with Crippen molar-refractivity contribution in [3.05, 3.63) is 47.4 Å². The Morgan fingerprint density at radius 2 is 2.11 bits per heavy atom. The first-order chi connectivity index (χ1) is 9.30. The average molecular weight is 259 g/mol. The van der Waals surface area contributed by atoms with Gasteiger partial charge in [0.1, 0.15) is 11.6 Å². The Hall–Kier alpha value is -1.99. The average Bonchev–Trinajstić information content (AvgIpc) is 2.47. The predicted octanol–water partition coefficient (Wildman–Crippen LogP) is 2.93. The van der Waals surface area contributed by atoms with Crippen molar-refractivity contribution >= 4 is 0 Å². The molecule has 0 saturated heterocycles. The molecule has 4 heteroatoms. The molecule has 0 amide bonds. The van der Waals surface area contributed by atoms with Gasteiger partial charge in [0.2, 0.25) is 6.29 Å². The number of nitrogens with zero attached hydrogens (tertiary/aromatic N) is 1. The zero-order chi connectivity index (χ0) is 13.7. The normalized spacial score (nSPS) is 22.6. The van der Waals surface area contributed by atoms with Crippen molar-refractivity contribution in [2.24, 2.45) is 0 Å². The zero-order valence-corrected chi connectivity index (χ0v) is 11.1. The first kappa shape index (κ1) is 13.4. The van der Waals surface area contributed by atoms with Crippen LogP contribution in [0.1, 0.15) is 24.8 Å². The van der Waals surface area contributed by atoms with Crippen molar-refractivity contribution in [2.45, 2.75) is 25.6 Å². The van der Waals surface area contributed by atoms with Gasteiger partial charge in [0, 0.05) is 18.9 Å². The molecule has 1 aliphatic heterocycles. The second-order valence-corrected chi connectivity index (χ2v) is 4.22. The summed E-state index contributed by atoms with van der Waals surface area (Å²) in [6, 6.07) is 12.1. The van der Waals surface area contributed by atoms with E-state index in [4.69, 9.17) is 14.2 Å². The van der Waals surface area contributed by atoms with Gasteiger partial charge in [-0.3, -0.25) is 0 Å². The van der Waals surface area contributed by atoms with Gasteiger partial charge in [-0.25, -0.2) is 0 Å². The molecular weight excluding hydrogens is 242 g/mol. The lowest BCUT2D eigenvalue weighted by atomic mass is 9.87. The Morgan fingerprint density at radius 3 is 2.68 bits per heavy atom. The zero-order valence-electron chi connectivity index (χ0n) is 11.1. The van der Waals surface area contributed by atoms with Gasteiger partial charge < -0.3 is 14.2 Å². The van der Waals surface area contributed by atoms with Gasteiger partial charge in [0.15, 0.2) is 0 Å². The van der Waals surface area contributed by atoms with Crippen LogP contribution in [0.15, 0.2) is 41.9 Å². The minimum Gasteiger partial charge on any atom is -0.468 e. The van der Waals surface area contributed by atoms with Crippen LogP contribution in [0, 0.1) is 11.3 Å². The maximum absolute atomic E-state index is 9.33. The molecule has 2 atom stereocenters. The Bertz CT molecular complexity index is 490. The van der Waals surface area contributed by atoms with Crippen molar-refractivity contribution in [1.82, 2.24) is 0 Å². The highest BCUT2D eigenvalue weighted by molar-refractivity contribution is 5.38. The molecule has 0 saturated carbocycles. The van der Waals surface area contributed by atoms with E-state index in [0.717, 1.165) is 5.56 Å². The van der Waals surface area contributed by atoms with Crippen molar-refractivity contribution in [1.29, 1.82) is 5.26 Å². The van der Waals surface area contributed by atoms with Crippen molar-refractivity contribution in [3.8, 4) is 6.07 Å². The SMILES string of the molecule is CCOC1CC(c2ccccc2)C(C#N)=C(OC)O1. The van der Waals surface area contributed by atoms with Crippen LogP contribution in [-0.2, 0) is 14.2 Å². The minimum absolute atomic E-state index is 0.0496. The number of benzene rings is 1. The van der Waals surface area contributed by atoms with Gasteiger partial charge in [-0.15, -0.1) is 0 Å². The fourth-order valence-corrected chi connectivity index (χ4v) is 2.24. The third-order valence-corrected chi connectivity index (χ3v) is 3.10. The second kappa shape index (κ2) is 6.26. The van der Waals surface area contributed by atoms with Crippen LogP contribution in [0.3, 0.4) is 0 Å². The van der Waals surface area contributed by atoms with E-state index in [9.17, 15) is 5.26 Å². The lowest BCUT2D eigenvalue weighted by molar-refractivity contribution is -0.158. The summed E-state index contributed by atoms with van der Waals surface area (Å²) in [6.07, 6.45) is 0.246. The third kappa shape index (κ3) is 2.88. The molecule has 0 bridgehead atoms. The molecular formula is C15H17NO3. The topological polar surface area (TPSA) is 51.5 Å². The molecule has 19 heavy (non-hydrogen) atoms. The van der Waals surface area contributed by atoms with Crippen LogP contribution in [0.4, 0.5) is 0 Å². The summed E-state index contributed by atoms with van der Waals surface area (Å²) in [4.78, 5) is 0. The molecule has 1 aliphatic rings. The molecule has 0 fully saturated rings. The van der Waals surface area contributed by atoms with E-state index >= 15 is 0 Å². The van der Waals surface area contributed by atoms with Crippen LogP contribution < -0.4 is 0 Å². The van der Waals surface area contributed by atoms with E-state index < -0.39 is 0 Å². The largest absolute Gasteiger partial charge is 0.468 e. The van der Waals surface area contributed by atoms with E-state index in [1.807, 2.05) is 37.3 Å². The summed E-state index contributed by atoms with van der Waals surface area (Å²) in [5.74, 6) is 0.215. The summed E-state index contributed by atoms with van der Waals surface area (Å²) < 4.78 is 16.2. The van der Waals surface area contributed by atoms with Crippen LogP contribution in [0.25, 0.3) is 0 Å². The fourth-order valence-electron chi connectivity index (χ4n) is 2.24. The Labute approximate surface area is 113 Å². The number of rotatable bonds is 4. The van der Waals surface area contributed by atoms with Crippen molar-refractivity contribution < 1.29 is 14.2 Å². The maximum Gasteiger partial charge on any atom is 0.296 e. The highest BCUT2D eigenvalue weighted by Crippen LogP contribution is 2.37. The molecule has 100 valence electrons. The first-order valence-electron chi connectivity index (χ1n) is 6.31. The quantitative estimate of drug-likeness (QED) is 0.834. The molecule has 0 N–H and O–H groups in total. The molecule has 0 aromatic heterocycles. The number of hydrogen-bond acceptors (Lipinski definition) is 4. The molecule has 1 aromatic carbocycles. The third-order valence-electron chi connectivity index (χ3n) is 3.10.